The Hall–Kier alpha value is -1.71. The minimum Gasteiger partial charge on any atom is -0.493 e. The second-order valence-electron chi connectivity index (χ2n) is 5.36. The third-order valence-electron chi connectivity index (χ3n) is 2.88. The van der Waals surface area contributed by atoms with Crippen molar-refractivity contribution in [3.05, 3.63) is 29.3 Å². The number of hydrogen-bond acceptors (Lipinski definition) is 2. The van der Waals surface area contributed by atoms with Crippen LogP contribution in [0.25, 0.3) is 0 Å². The highest BCUT2D eigenvalue weighted by Crippen LogP contribution is 2.21. The van der Waals surface area contributed by atoms with Crippen molar-refractivity contribution in [2.24, 2.45) is 4.99 Å². The number of guanidine groups is 1. The minimum absolute atomic E-state index is 0.630. The van der Waals surface area contributed by atoms with E-state index >= 15 is 0 Å². The molecule has 0 aromatic heterocycles. The molecular weight excluding hydrogens is 250 g/mol. The lowest BCUT2D eigenvalue weighted by Crippen LogP contribution is -2.35. The van der Waals surface area contributed by atoms with Gasteiger partial charge in [0.05, 0.1) is 13.2 Å². The maximum Gasteiger partial charge on any atom is 0.195 e. The topological polar surface area (TPSA) is 28.1 Å². The van der Waals surface area contributed by atoms with Gasteiger partial charge in [-0.1, -0.05) is 19.1 Å². The number of hydrogen-bond donors (Lipinski definition) is 0. The molecule has 0 amide bonds. The molecule has 1 aromatic carbocycles. The van der Waals surface area contributed by atoms with Crippen molar-refractivity contribution in [3.8, 4) is 5.75 Å². The van der Waals surface area contributed by atoms with Crippen LogP contribution in [0.15, 0.2) is 23.2 Å². The zero-order valence-electron chi connectivity index (χ0n) is 13.6. The van der Waals surface area contributed by atoms with E-state index in [1.165, 1.54) is 5.56 Å². The number of aliphatic imine (C=N–C) groups is 1. The zero-order valence-corrected chi connectivity index (χ0v) is 13.6. The molecule has 0 saturated carbocycles. The first-order valence-electron chi connectivity index (χ1n) is 7.07. The minimum atomic E-state index is 0.630. The molecule has 0 atom stereocenters. The predicted octanol–water partition coefficient (Wildman–Crippen LogP) is 2.76. The Morgan fingerprint density at radius 3 is 2.35 bits per heavy atom. The SMILES string of the molecule is CCCOc1cc(C)ccc1CN=C(N(C)C)N(C)C. The summed E-state index contributed by atoms with van der Waals surface area (Å²) in [6.07, 6.45) is 1.01. The standard InChI is InChI=1S/C16H27N3O/c1-7-10-20-15-11-13(2)8-9-14(15)12-17-16(18(3)4)19(5)6/h8-9,11H,7,10,12H2,1-6H3. The van der Waals surface area contributed by atoms with Crippen molar-refractivity contribution in [1.29, 1.82) is 0 Å². The summed E-state index contributed by atoms with van der Waals surface area (Å²) in [7, 11) is 8.01. The largest absolute Gasteiger partial charge is 0.493 e. The fraction of sp³-hybridized carbons (Fsp3) is 0.562. The molecule has 0 fully saturated rings. The Bertz CT molecular complexity index is 443. The van der Waals surface area contributed by atoms with Gasteiger partial charge in [0.25, 0.3) is 0 Å². The third-order valence-corrected chi connectivity index (χ3v) is 2.88. The van der Waals surface area contributed by atoms with Gasteiger partial charge in [-0.3, -0.25) is 0 Å². The van der Waals surface area contributed by atoms with Gasteiger partial charge in [-0.15, -0.1) is 0 Å². The first kappa shape index (κ1) is 16.3. The Balaban J connectivity index is 2.93. The van der Waals surface area contributed by atoms with E-state index in [2.05, 4.69) is 37.0 Å². The molecule has 4 nitrogen and oxygen atoms in total. The summed E-state index contributed by atoms with van der Waals surface area (Å²) >= 11 is 0. The summed E-state index contributed by atoms with van der Waals surface area (Å²) in [6, 6.07) is 6.30. The molecule has 0 N–H and O–H groups in total. The van der Waals surface area contributed by atoms with Crippen molar-refractivity contribution >= 4 is 5.96 Å². The van der Waals surface area contributed by atoms with Crippen molar-refractivity contribution in [1.82, 2.24) is 9.80 Å². The molecule has 20 heavy (non-hydrogen) atoms. The van der Waals surface area contributed by atoms with Crippen molar-refractivity contribution < 1.29 is 4.74 Å². The molecule has 0 aliphatic rings. The summed E-state index contributed by atoms with van der Waals surface area (Å²) < 4.78 is 5.82. The molecule has 0 aliphatic heterocycles. The lowest BCUT2D eigenvalue weighted by atomic mass is 10.1. The molecule has 112 valence electrons. The van der Waals surface area contributed by atoms with Crippen molar-refractivity contribution in [2.75, 3.05) is 34.8 Å². The van der Waals surface area contributed by atoms with Crippen molar-refractivity contribution in [3.63, 3.8) is 0 Å². The van der Waals surface area contributed by atoms with Gasteiger partial charge in [-0.2, -0.15) is 0 Å². The highest BCUT2D eigenvalue weighted by Gasteiger charge is 2.07. The summed E-state index contributed by atoms with van der Waals surface area (Å²) in [5, 5.41) is 0. The molecule has 0 bridgehead atoms. The van der Waals surface area contributed by atoms with Crippen LogP contribution in [0.4, 0.5) is 0 Å². The van der Waals surface area contributed by atoms with Crippen LogP contribution >= 0.6 is 0 Å². The van der Waals surface area contributed by atoms with Gasteiger partial charge in [0.1, 0.15) is 5.75 Å². The molecule has 0 radical (unpaired) electrons. The number of ether oxygens (including phenoxy) is 1. The Morgan fingerprint density at radius 2 is 1.80 bits per heavy atom. The van der Waals surface area contributed by atoms with Crippen LogP contribution in [0.1, 0.15) is 24.5 Å². The fourth-order valence-corrected chi connectivity index (χ4v) is 1.98. The molecule has 0 heterocycles. The molecule has 0 saturated heterocycles. The van der Waals surface area contributed by atoms with Gasteiger partial charge in [0.2, 0.25) is 0 Å². The average Bonchev–Trinajstić information content (AvgIpc) is 2.37. The van der Waals surface area contributed by atoms with Crippen LogP contribution in [0.2, 0.25) is 0 Å². The lowest BCUT2D eigenvalue weighted by Gasteiger charge is -2.22. The summed E-state index contributed by atoms with van der Waals surface area (Å²) in [6.45, 7) is 5.57. The molecular formula is C16H27N3O. The number of nitrogens with zero attached hydrogens (tertiary/aromatic N) is 3. The van der Waals surface area contributed by atoms with E-state index in [0.29, 0.717) is 6.54 Å². The lowest BCUT2D eigenvalue weighted by molar-refractivity contribution is 0.314. The summed E-state index contributed by atoms with van der Waals surface area (Å²) in [5.41, 5.74) is 2.34. The van der Waals surface area contributed by atoms with E-state index < -0.39 is 0 Å². The summed E-state index contributed by atoms with van der Waals surface area (Å²) in [5.74, 6) is 1.90. The van der Waals surface area contributed by atoms with E-state index in [4.69, 9.17) is 4.74 Å². The van der Waals surface area contributed by atoms with E-state index in [1.54, 1.807) is 0 Å². The van der Waals surface area contributed by atoms with E-state index in [-0.39, 0.29) is 0 Å². The summed E-state index contributed by atoms with van der Waals surface area (Å²) in [4.78, 5) is 8.71. The first-order valence-corrected chi connectivity index (χ1v) is 7.07. The van der Waals surface area contributed by atoms with Crippen LogP contribution in [-0.2, 0) is 6.54 Å². The number of benzene rings is 1. The van der Waals surface area contributed by atoms with Gasteiger partial charge in [0.15, 0.2) is 5.96 Å². The number of rotatable bonds is 5. The van der Waals surface area contributed by atoms with Crippen LogP contribution in [0.3, 0.4) is 0 Å². The van der Waals surface area contributed by atoms with E-state index in [9.17, 15) is 0 Å². The maximum atomic E-state index is 5.82. The number of aryl methyl sites for hydroxylation is 1. The zero-order chi connectivity index (χ0) is 15.1. The van der Waals surface area contributed by atoms with Crippen LogP contribution in [0, 0.1) is 6.92 Å². The van der Waals surface area contributed by atoms with Crippen LogP contribution in [0.5, 0.6) is 5.75 Å². The second kappa shape index (κ2) is 7.78. The van der Waals surface area contributed by atoms with E-state index in [0.717, 1.165) is 30.3 Å². The Labute approximate surface area is 123 Å². The van der Waals surface area contributed by atoms with Gasteiger partial charge >= 0.3 is 0 Å². The van der Waals surface area contributed by atoms with Crippen LogP contribution in [-0.4, -0.2) is 50.6 Å². The van der Waals surface area contributed by atoms with E-state index in [1.807, 2.05) is 38.0 Å². The molecule has 0 unspecified atom stereocenters. The molecule has 0 spiro atoms. The Kier molecular flexibility index (Phi) is 6.36. The highest BCUT2D eigenvalue weighted by atomic mass is 16.5. The van der Waals surface area contributed by atoms with Gasteiger partial charge in [-0.05, 0) is 25.0 Å². The second-order valence-corrected chi connectivity index (χ2v) is 5.36. The maximum absolute atomic E-state index is 5.82. The molecule has 1 aromatic rings. The van der Waals surface area contributed by atoms with Crippen LogP contribution < -0.4 is 4.74 Å². The van der Waals surface area contributed by atoms with Gasteiger partial charge in [-0.25, -0.2) is 4.99 Å². The Morgan fingerprint density at radius 1 is 1.15 bits per heavy atom. The van der Waals surface area contributed by atoms with Crippen molar-refractivity contribution in [2.45, 2.75) is 26.8 Å². The normalized spacial score (nSPS) is 10.1. The third kappa shape index (κ3) is 4.76. The fourth-order valence-electron chi connectivity index (χ4n) is 1.98. The monoisotopic (exact) mass is 277 g/mol. The predicted molar refractivity (Wildman–Crippen MR) is 85.5 cm³/mol. The van der Waals surface area contributed by atoms with Gasteiger partial charge in [0, 0.05) is 33.8 Å². The molecule has 0 aliphatic carbocycles. The molecule has 1 rings (SSSR count). The average molecular weight is 277 g/mol. The van der Waals surface area contributed by atoms with Gasteiger partial charge < -0.3 is 14.5 Å². The molecule has 4 heteroatoms. The first-order chi connectivity index (χ1) is 9.45. The smallest absolute Gasteiger partial charge is 0.195 e. The quantitative estimate of drug-likeness (QED) is 0.612. The highest BCUT2D eigenvalue weighted by molar-refractivity contribution is 5.79.